The van der Waals surface area contributed by atoms with Crippen LogP contribution in [0, 0.1) is 0 Å². The average Bonchev–Trinajstić information content (AvgIpc) is 2.66. The van der Waals surface area contributed by atoms with Crippen LogP contribution >= 0.6 is 23.2 Å². The summed E-state index contributed by atoms with van der Waals surface area (Å²) in [5, 5.41) is 14.8. The summed E-state index contributed by atoms with van der Waals surface area (Å²) in [6.45, 7) is 5.23. The molecule has 0 spiro atoms. The summed E-state index contributed by atoms with van der Waals surface area (Å²) in [7, 11) is 1.45. The number of hydrogen-bond donors (Lipinski definition) is 2. The molecule has 2 aromatic carbocycles. The molecular weight excluding hydrogens is 403 g/mol. The van der Waals surface area contributed by atoms with Gasteiger partial charge in [0.05, 0.1) is 18.3 Å². The number of nitrogens with zero attached hydrogens (tertiary/aromatic N) is 1. The Hall–Kier alpha value is -2.70. The summed E-state index contributed by atoms with van der Waals surface area (Å²) >= 11 is 11.9. The molecule has 0 aliphatic carbocycles. The topological polar surface area (TPSA) is 80.2 Å². The molecule has 148 valence electrons. The van der Waals surface area contributed by atoms with Crippen LogP contribution in [0.25, 0.3) is 0 Å². The van der Waals surface area contributed by atoms with Crippen molar-refractivity contribution in [3.05, 3.63) is 64.2 Å². The van der Waals surface area contributed by atoms with Crippen molar-refractivity contribution in [3.63, 3.8) is 0 Å². The fourth-order valence-electron chi connectivity index (χ4n) is 2.31. The number of ether oxygens (including phenoxy) is 2. The van der Waals surface area contributed by atoms with E-state index in [2.05, 4.69) is 17.1 Å². The summed E-state index contributed by atoms with van der Waals surface area (Å²) in [5.74, 6) is 0.237. The Morgan fingerprint density at radius 1 is 1.32 bits per heavy atom. The largest absolute Gasteiger partial charge is 0.504 e. The Morgan fingerprint density at radius 2 is 2.07 bits per heavy atom. The Labute approximate surface area is 173 Å². The fraction of sp³-hybridized carbons (Fsp3) is 0.200. The Balaban J connectivity index is 2.04. The molecule has 2 rings (SSSR count). The fourth-order valence-corrected chi connectivity index (χ4v) is 2.76. The monoisotopic (exact) mass is 422 g/mol. The first-order chi connectivity index (χ1) is 13.3. The molecular formula is C20H20Cl2N2O4. The van der Waals surface area contributed by atoms with E-state index in [-0.39, 0.29) is 5.75 Å². The lowest BCUT2D eigenvalue weighted by Gasteiger charge is -2.14. The van der Waals surface area contributed by atoms with Crippen molar-refractivity contribution < 1.29 is 19.4 Å². The molecule has 1 unspecified atom stereocenters. The maximum atomic E-state index is 12.2. The zero-order valence-corrected chi connectivity index (χ0v) is 16.9. The third-order valence-corrected chi connectivity index (χ3v) is 4.25. The number of halogens is 2. The van der Waals surface area contributed by atoms with E-state index in [1.165, 1.54) is 19.4 Å². The number of methoxy groups -OCH3 is 1. The average molecular weight is 423 g/mol. The second-order valence-electron chi connectivity index (χ2n) is 5.79. The molecule has 0 saturated heterocycles. The number of carbonyl (C=O) groups excluding carboxylic acids is 1. The molecule has 8 heteroatoms. The summed E-state index contributed by atoms with van der Waals surface area (Å²) in [5.41, 5.74) is 3.67. The van der Waals surface area contributed by atoms with E-state index in [1.807, 2.05) is 0 Å². The van der Waals surface area contributed by atoms with E-state index < -0.39 is 12.0 Å². The van der Waals surface area contributed by atoms with Crippen LogP contribution in [0.5, 0.6) is 17.2 Å². The molecule has 0 fully saturated rings. The van der Waals surface area contributed by atoms with Gasteiger partial charge in [0.2, 0.25) is 0 Å². The molecule has 2 aromatic rings. The summed E-state index contributed by atoms with van der Waals surface area (Å²) in [6, 6.07) is 8.06. The predicted molar refractivity (Wildman–Crippen MR) is 111 cm³/mol. The van der Waals surface area contributed by atoms with Crippen molar-refractivity contribution >= 4 is 35.3 Å². The van der Waals surface area contributed by atoms with Crippen molar-refractivity contribution in [1.82, 2.24) is 5.43 Å². The summed E-state index contributed by atoms with van der Waals surface area (Å²) < 4.78 is 10.7. The number of amides is 1. The van der Waals surface area contributed by atoms with Crippen LogP contribution in [0.15, 0.2) is 48.1 Å². The van der Waals surface area contributed by atoms with Gasteiger partial charge in [-0.3, -0.25) is 4.79 Å². The second-order valence-corrected chi connectivity index (χ2v) is 6.64. The highest BCUT2D eigenvalue weighted by Crippen LogP contribution is 2.31. The van der Waals surface area contributed by atoms with Gasteiger partial charge in [0, 0.05) is 10.6 Å². The lowest BCUT2D eigenvalue weighted by Crippen LogP contribution is -2.33. The van der Waals surface area contributed by atoms with E-state index >= 15 is 0 Å². The number of rotatable bonds is 8. The van der Waals surface area contributed by atoms with Crippen LogP contribution in [0.4, 0.5) is 0 Å². The van der Waals surface area contributed by atoms with Gasteiger partial charge in [0.15, 0.2) is 17.6 Å². The number of hydrazone groups is 1. The van der Waals surface area contributed by atoms with Crippen molar-refractivity contribution in [2.75, 3.05) is 7.11 Å². The van der Waals surface area contributed by atoms with Gasteiger partial charge in [-0.25, -0.2) is 5.43 Å². The van der Waals surface area contributed by atoms with Crippen LogP contribution in [0.2, 0.25) is 10.0 Å². The number of carbonyl (C=O) groups is 1. The number of nitrogens with one attached hydrogen (secondary N) is 1. The Morgan fingerprint density at radius 3 is 2.71 bits per heavy atom. The number of allylic oxidation sites excluding steroid dienone is 1. The molecule has 0 bridgehead atoms. The minimum absolute atomic E-state index is 0.0467. The van der Waals surface area contributed by atoms with Gasteiger partial charge in [-0.15, -0.1) is 6.58 Å². The van der Waals surface area contributed by atoms with Gasteiger partial charge in [-0.05, 0) is 49.2 Å². The molecule has 0 aliphatic rings. The summed E-state index contributed by atoms with van der Waals surface area (Å²) in [4.78, 5) is 12.2. The lowest BCUT2D eigenvalue weighted by atomic mass is 10.1. The van der Waals surface area contributed by atoms with Crippen LogP contribution < -0.4 is 14.9 Å². The molecule has 1 atom stereocenters. The molecule has 1 amide bonds. The minimum Gasteiger partial charge on any atom is -0.504 e. The zero-order valence-electron chi connectivity index (χ0n) is 15.4. The molecule has 0 aliphatic heterocycles. The molecule has 0 heterocycles. The van der Waals surface area contributed by atoms with Gasteiger partial charge in [-0.2, -0.15) is 5.10 Å². The number of hydrogen-bond acceptors (Lipinski definition) is 5. The van der Waals surface area contributed by atoms with Crippen molar-refractivity contribution in [2.24, 2.45) is 5.10 Å². The zero-order chi connectivity index (χ0) is 20.7. The number of phenols is 1. The quantitative estimate of drug-likeness (QED) is 0.376. The van der Waals surface area contributed by atoms with E-state index in [1.54, 1.807) is 37.3 Å². The number of phenolic OH excluding ortho intramolecular Hbond substituents is 1. The van der Waals surface area contributed by atoms with Crippen LogP contribution in [0.1, 0.15) is 18.1 Å². The molecule has 0 aromatic heterocycles. The van der Waals surface area contributed by atoms with Crippen LogP contribution in [-0.2, 0) is 11.2 Å². The van der Waals surface area contributed by atoms with Gasteiger partial charge in [-0.1, -0.05) is 29.3 Å². The van der Waals surface area contributed by atoms with Crippen LogP contribution in [0.3, 0.4) is 0 Å². The first kappa shape index (κ1) is 21.6. The number of benzene rings is 2. The van der Waals surface area contributed by atoms with Crippen LogP contribution in [-0.4, -0.2) is 30.4 Å². The second kappa shape index (κ2) is 10.0. The minimum atomic E-state index is -0.832. The highest BCUT2D eigenvalue weighted by atomic mass is 35.5. The maximum Gasteiger partial charge on any atom is 0.280 e. The summed E-state index contributed by atoms with van der Waals surface area (Å²) in [6.07, 6.45) is 2.73. The van der Waals surface area contributed by atoms with E-state index in [9.17, 15) is 9.90 Å². The first-order valence-electron chi connectivity index (χ1n) is 8.31. The first-order valence-corrected chi connectivity index (χ1v) is 9.06. The van der Waals surface area contributed by atoms with Crippen molar-refractivity contribution in [2.45, 2.75) is 19.4 Å². The maximum absolute atomic E-state index is 12.2. The normalized spacial score (nSPS) is 11.9. The molecule has 28 heavy (non-hydrogen) atoms. The lowest BCUT2D eigenvalue weighted by molar-refractivity contribution is -0.127. The molecule has 0 saturated carbocycles. The third kappa shape index (κ3) is 5.65. The van der Waals surface area contributed by atoms with E-state index in [0.717, 1.165) is 0 Å². The third-order valence-electron chi connectivity index (χ3n) is 3.72. The van der Waals surface area contributed by atoms with Gasteiger partial charge < -0.3 is 14.6 Å². The van der Waals surface area contributed by atoms with Gasteiger partial charge >= 0.3 is 0 Å². The Kier molecular flexibility index (Phi) is 7.72. The highest BCUT2D eigenvalue weighted by molar-refractivity contribution is 6.35. The van der Waals surface area contributed by atoms with Gasteiger partial charge in [0.1, 0.15) is 5.75 Å². The van der Waals surface area contributed by atoms with Crippen molar-refractivity contribution in [3.8, 4) is 17.2 Å². The smallest absolute Gasteiger partial charge is 0.280 e. The molecule has 2 N–H and O–H groups in total. The number of aromatic hydroxyl groups is 1. The van der Waals surface area contributed by atoms with E-state index in [0.29, 0.717) is 39.1 Å². The Bertz CT molecular complexity index is 900. The molecule has 6 nitrogen and oxygen atoms in total. The SMILES string of the molecule is C=CCc1cc(/C=N\NC(=O)C(C)Oc2ccc(Cl)cc2Cl)cc(OC)c1O. The van der Waals surface area contributed by atoms with Crippen molar-refractivity contribution in [1.29, 1.82) is 0 Å². The van der Waals surface area contributed by atoms with Gasteiger partial charge in [0.25, 0.3) is 5.91 Å². The van der Waals surface area contributed by atoms with E-state index in [4.69, 9.17) is 32.7 Å². The highest BCUT2D eigenvalue weighted by Gasteiger charge is 2.16. The predicted octanol–water partition coefficient (Wildman–Crippen LogP) is 4.35. The standard InChI is InChI=1S/C20H20Cl2N2O4/c1-4-5-14-8-13(9-18(27-3)19(14)25)11-23-24-20(26)12(2)28-17-7-6-15(21)10-16(17)22/h4,6-12,25H,1,5H2,2-3H3,(H,24,26)/b23-11-. The molecule has 0 radical (unpaired) electrons.